The zero-order chi connectivity index (χ0) is 18.9. The second kappa shape index (κ2) is 9.78. The van der Waals surface area contributed by atoms with E-state index < -0.39 is 18.1 Å². The molecule has 0 aromatic heterocycles. The van der Waals surface area contributed by atoms with E-state index in [1.807, 2.05) is 6.07 Å². The van der Waals surface area contributed by atoms with E-state index in [0.29, 0.717) is 11.3 Å². The quantitative estimate of drug-likeness (QED) is 0.224. The first-order valence-electron chi connectivity index (χ1n) is 7.61. The van der Waals surface area contributed by atoms with E-state index in [4.69, 9.17) is 9.94 Å². The standard InChI is InChI=1S/C18H17IN2O5/c19-12-9-10-15(22)14(11-12)16(7-4-8-17(23)21-25)26-18(24)20-13-5-2-1-3-6-13/h1-6,8-11,16,22,25H,7H2,(H,20,24)(H,21,23)/b8-4+/t16-/m0/s1. The number of amides is 2. The third kappa shape index (κ3) is 6.05. The Labute approximate surface area is 163 Å². The zero-order valence-corrected chi connectivity index (χ0v) is 15.7. The number of anilines is 1. The molecule has 136 valence electrons. The van der Waals surface area contributed by atoms with Crippen molar-refractivity contribution >= 4 is 40.3 Å². The van der Waals surface area contributed by atoms with Gasteiger partial charge in [-0.15, -0.1) is 0 Å². The molecule has 8 heteroatoms. The van der Waals surface area contributed by atoms with Crippen LogP contribution < -0.4 is 10.8 Å². The predicted octanol–water partition coefficient (Wildman–Crippen LogP) is 3.74. The number of hydrogen-bond acceptors (Lipinski definition) is 5. The molecule has 2 aromatic carbocycles. The minimum absolute atomic E-state index is 0.0251. The van der Waals surface area contributed by atoms with Crippen molar-refractivity contribution in [2.45, 2.75) is 12.5 Å². The molecule has 2 aromatic rings. The average molecular weight is 468 g/mol. The average Bonchev–Trinajstić information content (AvgIpc) is 2.63. The van der Waals surface area contributed by atoms with Crippen molar-refractivity contribution in [1.82, 2.24) is 5.48 Å². The lowest BCUT2D eigenvalue weighted by atomic mass is 10.0. The number of aromatic hydroxyl groups is 1. The van der Waals surface area contributed by atoms with Gasteiger partial charge in [0.25, 0.3) is 5.91 Å². The van der Waals surface area contributed by atoms with Gasteiger partial charge in [-0.3, -0.25) is 15.3 Å². The van der Waals surface area contributed by atoms with Crippen LogP contribution in [0.25, 0.3) is 0 Å². The van der Waals surface area contributed by atoms with Crippen molar-refractivity contribution in [2.75, 3.05) is 5.32 Å². The highest BCUT2D eigenvalue weighted by molar-refractivity contribution is 14.1. The summed E-state index contributed by atoms with van der Waals surface area (Å²) in [4.78, 5) is 23.3. The highest BCUT2D eigenvalue weighted by Gasteiger charge is 2.20. The fourth-order valence-corrected chi connectivity index (χ4v) is 2.67. The van der Waals surface area contributed by atoms with Crippen LogP contribution >= 0.6 is 22.6 Å². The van der Waals surface area contributed by atoms with Gasteiger partial charge in [0.1, 0.15) is 11.9 Å². The maximum Gasteiger partial charge on any atom is 0.412 e. The molecule has 1 atom stereocenters. The van der Waals surface area contributed by atoms with Gasteiger partial charge in [0, 0.05) is 27.3 Å². The summed E-state index contributed by atoms with van der Waals surface area (Å²) in [6.07, 6.45) is 1.15. The SMILES string of the molecule is O=C(/C=C/C[C@H](OC(=O)Nc1ccccc1)c1cc(I)ccc1O)NO. The first-order valence-corrected chi connectivity index (χ1v) is 8.69. The minimum atomic E-state index is -0.823. The Kier molecular flexibility index (Phi) is 7.42. The molecule has 0 saturated heterocycles. The fourth-order valence-electron chi connectivity index (χ4n) is 2.16. The van der Waals surface area contributed by atoms with Gasteiger partial charge in [-0.05, 0) is 52.9 Å². The molecule has 0 radical (unpaired) electrons. The van der Waals surface area contributed by atoms with Crippen LogP contribution in [0.3, 0.4) is 0 Å². The minimum Gasteiger partial charge on any atom is -0.508 e. The topological polar surface area (TPSA) is 108 Å². The van der Waals surface area contributed by atoms with E-state index in [1.165, 1.54) is 17.6 Å². The number of phenolic OH excluding ortho intramolecular Hbond substituents is 1. The number of halogens is 1. The molecular weight excluding hydrogens is 451 g/mol. The Bertz CT molecular complexity index is 795. The van der Waals surface area contributed by atoms with E-state index in [-0.39, 0.29) is 12.2 Å². The number of rotatable bonds is 6. The molecule has 0 aliphatic heterocycles. The first-order chi connectivity index (χ1) is 12.5. The van der Waals surface area contributed by atoms with Crippen molar-refractivity contribution in [3.05, 3.63) is 69.8 Å². The van der Waals surface area contributed by atoms with Crippen molar-refractivity contribution in [3.8, 4) is 5.75 Å². The van der Waals surface area contributed by atoms with Crippen LogP contribution in [0.1, 0.15) is 18.1 Å². The summed E-state index contributed by atoms with van der Waals surface area (Å²) in [6.45, 7) is 0. The maximum atomic E-state index is 12.2. The van der Waals surface area contributed by atoms with Crippen molar-refractivity contribution in [1.29, 1.82) is 0 Å². The van der Waals surface area contributed by atoms with Crippen LogP contribution in [-0.2, 0) is 9.53 Å². The van der Waals surface area contributed by atoms with Crippen molar-refractivity contribution < 1.29 is 24.6 Å². The van der Waals surface area contributed by atoms with Gasteiger partial charge in [0.05, 0.1) is 0 Å². The molecular formula is C18H17IN2O5. The molecule has 0 spiro atoms. The Balaban J connectivity index is 2.16. The molecule has 0 unspecified atom stereocenters. The third-order valence-electron chi connectivity index (χ3n) is 3.34. The number of nitrogens with one attached hydrogen (secondary N) is 2. The fraction of sp³-hybridized carbons (Fsp3) is 0.111. The van der Waals surface area contributed by atoms with Crippen LogP contribution in [-0.4, -0.2) is 22.3 Å². The maximum absolute atomic E-state index is 12.2. The molecule has 0 fully saturated rings. The second-order valence-electron chi connectivity index (χ2n) is 5.20. The van der Waals surface area contributed by atoms with Crippen LogP contribution in [0.4, 0.5) is 10.5 Å². The van der Waals surface area contributed by atoms with Crippen LogP contribution in [0.5, 0.6) is 5.75 Å². The molecule has 7 nitrogen and oxygen atoms in total. The Morgan fingerprint density at radius 1 is 1.19 bits per heavy atom. The molecule has 2 rings (SSSR count). The summed E-state index contributed by atoms with van der Waals surface area (Å²) in [7, 11) is 0. The number of benzene rings is 2. The smallest absolute Gasteiger partial charge is 0.412 e. The molecule has 0 bridgehead atoms. The van der Waals surface area contributed by atoms with E-state index in [2.05, 4.69) is 27.9 Å². The first kappa shape index (κ1) is 19.7. The van der Waals surface area contributed by atoms with Crippen molar-refractivity contribution in [2.24, 2.45) is 0 Å². The van der Waals surface area contributed by atoms with Gasteiger partial charge in [0.15, 0.2) is 0 Å². The highest BCUT2D eigenvalue weighted by atomic mass is 127. The van der Waals surface area contributed by atoms with Gasteiger partial charge in [-0.2, -0.15) is 0 Å². The van der Waals surface area contributed by atoms with Gasteiger partial charge in [-0.1, -0.05) is 24.3 Å². The number of para-hydroxylation sites is 1. The Morgan fingerprint density at radius 3 is 2.62 bits per heavy atom. The lowest BCUT2D eigenvalue weighted by Gasteiger charge is -2.18. The van der Waals surface area contributed by atoms with E-state index in [1.54, 1.807) is 36.4 Å². The highest BCUT2D eigenvalue weighted by Crippen LogP contribution is 2.31. The molecule has 0 heterocycles. The van der Waals surface area contributed by atoms with Gasteiger partial charge < -0.3 is 9.84 Å². The third-order valence-corrected chi connectivity index (χ3v) is 4.01. The van der Waals surface area contributed by atoms with Gasteiger partial charge in [0.2, 0.25) is 0 Å². The number of hydroxylamine groups is 1. The summed E-state index contributed by atoms with van der Waals surface area (Å²) in [6, 6.07) is 13.7. The summed E-state index contributed by atoms with van der Waals surface area (Å²) in [5.41, 5.74) is 2.46. The lowest BCUT2D eigenvalue weighted by molar-refractivity contribution is -0.124. The van der Waals surface area contributed by atoms with E-state index >= 15 is 0 Å². The molecule has 0 saturated carbocycles. The van der Waals surface area contributed by atoms with Crippen LogP contribution in [0.15, 0.2) is 60.7 Å². The zero-order valence-electron chi connectivity index (χ0n) is 13.6. The molecule has 0 aliphatic rings. The lowest BCUT2D eigenvalue weighted by Crippen LogP contribution is -2.18. The number of carbonyl (C=O) groups is 2. The second-order valence-corrected chi connectivity index (χ2v) is 6.45. The van der Waals surface area contributed by atoms with Crippen LogP contribution in [0.2, 0.25) is 0 Å². The normalized spacial score (nSPS) is 11.8. The molecule has 2 amide bonds. The van der Waals surface area contributed by atoms with E-state index in [0.717, 1.165) is 9.65 Å². The van der Waals surface area contributed by atoms with Gasteiger partial charge in [-0.25, -0.2) is 10.3 Å². The molecule has 4 N–H and O–H groups in total. The summed E-state index contributed by atoms with van der Waals surface area (Å²) < 4.78 is 6.28. The summed E-state index contributed by atoms with van der Waals surface area (Å²) in [5.74, 6) is -0.729. The largest absolute Gasteiger partial charge is 0.508 e. The molecule has 0 aliphatic carbocycles. The predicted molar refractivity (Wildman–Crippen MR) is 104 cm³/mol. The van der Waals surface area contributed by atoms with Crippen molar-refractivity contribution in [3.63, 3.8) is 0 Å². The van der Waals surface area contributed by atoms with E-state index in [9.17, 15) is 14.7 Å². The summed E-state index contributed by atoms with van der Waals surface area (Å²) in [5, 5.41) is 21.2. The monoisotopic (exact) mass is 468 g/mol. The Morgan fingerprint density at radius 2 is 1.92 bits per heavy atom. The van der Waals surface area contributed by atoms with Gasteiger partial charge >= 0.3 is 6.09 Å². The molecule has 26 heavy (non-hydrogen) atoms. The summed E-state index contributed by atoms with van der Waals surface area (Å²) >= 11 is 2.08. The number of hydrogen-bond donors (Lipinski definition) is 4. The Hall–Kier alpha value is -2.59. The number of ether oxygens (including phenoxy) is 1. The number of phenols is 1. The number of carbonyl (C=O) groups excluding carboxylic acids is 2. The van der Waals surface area contributed by atoms with Crippen LogP contribution in [0, 0.1) is 3.57 Å².